The predicted molar refractivity (Wildman–Crippen MR) is 60.3 cm³/mol. The summed E-state index contributed by atoms with van der Waals surface area (Å²) in [6.07, 6.45) is 1.19. The van der Waals surface area contributed by atoms with Gasteiger partial charge in [-0.3, -0.25) is 10.1 Å². The number of nitrogen functional groups attached to an aromatic ring is 1. The Labute approximate surface area is 100 Å². The van der Waals surface area contributed by atoms with Crippen LogP contribution in [0.25, 0.3) is 0 Å². The second kappa shape index (κ2) is 5.05. The van der Waals surface area contributed by atoms with E-state index in [4.69, 9.17) is 5.84 Å². The predicted octanol–water partition coefficient (Wildman–Crippen LogP) is 0.270. The Kier molecular flexibility index (Phi) is 3.29. The van der Waals surface area contributed by atoms with Crippen LogP contribution in [0.1, 0.15) is 5.82 Å². The van der Waals surface area contributed by atoms with E-state index in [1.165, 1.54) is 18.5 Å². The van der Waals surface area contributed by atoms with E-state index in [-0.39, 0.29) is 23.9 Å². The molecule has 2 aromatic rings. The zero-order valence-corrected chi connectivity index (χ0v) is 9.03. The summed E-state index contributed by atoms with van der Waals surface area (Å²) in [6.45, 7) is 0.231. The van der Waals surface area contributed by atoms with Gasteiger partial charge in [-0.05, 0) is 0 Å². The average molecular weight is 251 g/mol. The Morgan fingerprint density at radius 1 is 1.44 bits per heavy atom. The summed E-state index contributed by atoms with van der Waals surface area (Å²) >= 11 is 0. The van der Waals surface area contributed by atoms with E-state index in [2.05, 4.69) is 30.4 Å². The van der Waals surface area contributed by atoms with Crippen LogP contribution in [0.2, 0.25) is 0 Å². The molecule has 0 aliphatic carbocycles. The van der Waals surface area contributed by atoms with Gasteiger partial charge in [0.25, 0.3) is 5.69 Å². The molecule has 0 saturated carbocycles. The Morgan fingerprint density at radius 2 is 2.22 bits per heavy atom. The van der Waals surface area contributed by atoms with Gasteiger partial charge in [-0.2, -0.15) is 4.98 Å². The number of rotatable bonds is 5. The fourth-order valence-corrected chi connectivity index (χ4v) is 1.23. The largest absolute Gasteiger partial charge is 0.362 e. The molecule has 0 radical (unpaired) electrons. The molecule has 2 rings (SSSR count). The molecule has 10 nitrogen and oxygen atoms in total. The maximum Gasteiger partial charge on any atom is 0.276 e. The van der Waals surface area contributed by atoms with Crippen molar-refractivity contribution >= 4 is 17.3 Å². The quantitative estimate of drug-likeness (QED) is 0.387. The van der Waals surface area contributed by atoms with Crippen molar-refractivity contribution in [2.24, 2.45) is 5.84 Å². The van der Waals surface area contributed by atoms with Gasteiger partial charge in [-0.1, -0.05) is 5.16 Å². The zero-order valence-electron chi connectivity index (χ0n) is 9.03. The molecule has 0 spiro atoms. The summed E-state index contributed by atoms with van der Waals surface area (Å²) in [6, 6.07) is 2.50. The minimum absolute atomic E-state index is 0.131. The monoisotopic (exact) mass is 251 g/mol. The molecule has 0 aromatic carbocycles. The number of nitrogens with zero attached hydrogens (tertiary/aromatic N) is 4. The molecule has 0 fully saturated rings. The molecular weight excluding hydrogens is 242 g/mol. The van der Waals surface area contributed by atoms with Crippen molar-refractivity contribution in [2.75, 3.05) is 10.7 Å². The fourth-order valence-electron chi connectivity index (χ4n) is 1.23. The van der Waals surface area contributed by atoms with Gasteiger partial charge in [0.1, 0.15) is 11.6 Å². The summed E-state index contributed by atoms with van der Waals surface area (Å²) in [5, 5.41) is 17.1. The van der Waals surface area contributed by atoms with E-state index in [0.29, 0.717) is 5.82 Å². The van der Waals surface area contributed by atoms with Gasteiger partial charge in [-0.25, -0.2) is 10.8 Å². The second-order valence-electron chi connectivity index (χ2n) is 3.20. The van der Waals surface area contributed by atoms with Crippen LogP contribution in [0.5, 0.6) is 0 Å². The normalized spacial score (nSPS) is 10.1. The van der Waals surface area contributed by atoms with Crippen molar-refractivity contribution in [2.45, 2.75) is 6.54 Å². The van der Waals surface area contributed by atoms with Crippen LogP contribution in [0, 0.1) is 10.1 Å². The highest BCUT2D eigenvalue weighted by Crippen LogP contribution is 2.20. The lowest BCUT2D eigenvalue weighted by Gasteiger charge is -2.05. The van der Waals surface area contributed by atoms with Crippen molar-refractivity contribution in [3.63, 3.8) is 0 Å². The minimum atomic E-state index is -0.540. The van der Waals surface area contributed by atoms with Crippen molar-refractivity contribution in [1.29, 1.82) is 0 Å². The fraction of sp³-hybridized carbons (Fsp3) is 0.125. The first kappa shape index (κ1) is 11.7. The highest BCUT2D eigenvalue weighted by atomic mass is 16.6. The number of aromatic nitrogens is 3. The summed E-state index contributed by atoms with van der Waals surface area (Å²) in [7, 11) is 0. The van der Waals surface area contributed by atoms with E-state index in [0.717, 1.165) is 0 Å². The lowest BCUT2D eigenvalue weighted by Crippen LogP contribution is -2.11. The minimum Gasteiger partial charge on any atom is -0.362 e. The average Bonchev–Trinajstić information content (AvgIpc) is 2.89. The standard InChI is InChI=1S/C8H9N7O3/c9-13-7-2-5(15(16)17)1-6(12-7)10-3-8-11-4-18-14-8/h1-2,4H,3,9H2,(H2,10,12,13). The van der Waals surface area contributed by atoms with E-state index < -0.39 is 4.92 Å². The van der Waals surface area contributed by atoms with Crippen molar-refractivity contribution in [3.05, 3.63) is 34.5 Å². The van der Waals surface area contributed by atoms with E-state index in [1.807, 2.05) is 0 Å². The van der Waals surface area contributed by atoms with Crippen LogP contribution >= 0.6 is 0 Å². The van der Waals surface area contributed by atoms with Gasteiger partial charge >= 0.3 is 0 Å². The molecule has 0 aliphatic rings. The molecule has 94 valence electrons. The van der Waals surface area contributed by atoms with Crippen LogP contribution in [0.4, 0.5) is 17.3 Å². The van der Waals surface area contributed by atoms with Gasteiger partial charge in [0.2, 0.25) is 6.39 Å². The van der Waals surface area contributed by atoms with E-state index >= 15 is 0 Å². The number of hydrazine groups is 1. The van der Waals surface area contributed by atoms with Crippen LogP contribution in [-0.4, -0.2) is 20.0 Å². The first-order valence-electron chi connectivity index (χ1n) is 4.81. The molecule has 0 bridgehead atoms. The molecule has 0 unspecified atom stereocenters. The summed E-state index contributed by atoms with van der Waals surface area (Å²) in [4.78, 5) is 17.9. The van der Waals surface area contributed by atoms with Gasteiger partial charge < -0.3 is 15.3 Å². The van der Waals surface area contributed by atoms with Crippen molar-refractivity contribution in [3.8, 4) is 0 Å². The van der Waals surface area contributed by atoms with Gasteiger partial charge in [-0.15, -0.1) is 0 Å². The lowest BCUT2D eigenvalue weighted by atomic mass is 10.3. The van der Waals surface area contributed by atoms with Gasteiger partial charge in [0.15, 0.2) is 5.82 Å². The van der Waals surface area contributed by atoms with Crippen molar-refractivity contribution in [1.82, 2.24) is 15.1 Å². The molecule has 0 amide bonds. The SMILES string of the molecule is NNc1cc([N+](=O)[O-])cc(NCc2ncon2)n1. The number of pyridine rings is 1. The van der Waals surface area contributed by atoms with Crippen LogP contribution in [-0.2, 0) is 6.54 Å². The second-order valence-corrected chi connectivity index (χ2v) is 3.20. The number of anilines is 2. The number of nitrogens with one attached hydrogen (secondary N) is 2. The number of nitro groups is 1. The molecule has 4 N–H and O–H groups in total. The smallest absolute Gasteiger partial charge is 0.276 e. The van der Waals surface area contributed by atoms with E-state index in [9.17, 15) is 10.1 Å². The first-order valence-corrected chi connectivity index (χ1v) is 4.81. The first-order chi connectivity index (χ1) is 8.69. The third-order valence-corrected chi connectivity index (χ3v) is 2.00. The molecular formula is C8H9N7O3. The Bertz CT molecular complexity index is 542. The third kappa shape index (κ3) is 2.68. The van der Waals surface area contributed by atoms with Gasteiger partial charge in [0.05, 0.1) is 23.6 Å². The zero-order chi connectivity index (χ0) is 13.0. The summed E-state index contributed by atoms with van der Waals surface area (Å²) in [5.41, 5.74) is 2.12. The molecule has 10 heteroatoms. The third-order valence-electron chi connectivity index (χ3n) is 2.00. The molecule has 0 atom stereocenters. The molecule has 2 heterocycles. The van der Waals surface area contributed by atoms with Crippen LogP contribution in [0.3, 0.4) is 0 Å². The highest BCUT2D eigenvalue weighted by molar-refractivity contribution is 5.54. The topological polar surface area (TPSA) is 145 Å². The van der Waals surface area contributed by atoms with E-state index in [1.54, 1.807) is 0 Å². The van der Waals surface area contributed by atoms with Crippen LogP contribution in [0.15, 0.2) is 23.0 Å². The summed E-state index contributed by atoms with van der Waals surface area (Å²) in [5.74, 6) is 6.04. The van der Waals surface area contributed by atoms with Crippen LogP contribution < -0.4 is 16.6 Å². The Balaban J connectivity index is 2.16. The molecule has 0 saturated heterocycles. The molecule has 0 aliphatic heterocycles. The highest BCUT2D eigenvalue weighted by Gasteiger charge is 2.11. The summed E-state index contributed by atoms with van der Waals surface area (Å²) < 4.78 is 4.55. The van der Waals surface area contributed by atoms with Crippen molar-refractivity contribution < 1.29 is 9.45 Å². The molecule has 2 aromatic heterocycles. The van der Waals surface area contributed by atoms with Gasteiger partial charge in [0, 0.05) is 0 Å². The Morgan fingerprint density at radius 3 is 2.83 bits per heavy atom. The number of nitrogens with two attached hydrogens (primary N) is 1. The Hall–Kier alpha value is -2.75. The lowest BCUT2D eigenvalue weighted by molar-refractivity contribution is -0.384. The molecule has 18 heavy (non-hydrogen) atoms. The maximum atomic E-state index is 10.7. The number of hydrogen-bond donors (Lipinski definition) is 3. The maximum absolute atomic E-state index is 10.7. The number of hydrogen-bond acceptors (Lipinski definition) is 9.